The predicted molar refractivity (Wildman–Crippen MR) is 135 cm³/mol. The van der Waals surface area contributed by atoms with E-state index in [4.69, 9.17) is 21.1 Å². The monoisotopic (exact) mass is 496 g/mol. The van der Waals surface area contributed by atoms with Crippen molar-refractivity contribution in [2.24, 2.45) is 0 Å². The van der Waals surface area contributed by atoms with E-state index in [2.05, 4.69) is 4.57 Å². The normalized spacial score (nSPS) is 14.8. The van der Waals surface area contributed by atoms with Crippen LogP contribution in [0, 0.1) is 13.8 Å². The fourth-order valence-corrected chi connectivity index (χ4v) is 4.78. The molecule has 1 aromatic heterocycles. The van der Waals surface area contributed by atoms with Gasteiger partial charge in [0.2, 0.25) is 0 Å². The summed E-state index contributed by atoms with van der Waals surface area (Å²) in [6.07, 6.45) is 1.79. The number of benzene rings is 2. The van der Waals surface area contributed by atoms with E-state index >= 15 is 0 Å². The minimum atomic E-state index is -0.310. The molecule has 34 heavy (non-hydrogen) atoms. The molecule has 0 saturated carbocycles. The van der Waals surface area contributed by atoms with Crippen molar-refractivity contribution in [2.45, 2.75) is 20.4 Å². The number of halogens is 1. The van der Waals surface area contributed by atoms with Crippen LogP contribution < -0.4 is 9.47 Å². The molecule has 0 atom stereocenters. The Morgan fingerprint density at radius 2 is 1.65 bits per heavy atom. The number of aryl methyl sites for hydroxylation is 1. The fourth-order valence-electron chi connectivity index (χ4n) is 3.73. The first-order valence-electron chi connectivity index (χ1n) is 10.9. The quantitative estimate of drug-likeness (QED) is 0.342. The van der Waals surface area contributed by atoms with Gasteiger partial charge >= 0.3 is 0 Å². The van der Waals surface area contributed by atoms with Crippen LogP contribution in [0.3, 0.4) is 0 Å². The van der Waals surface area contributed by atoms with Crippen molar-refractivity contribution in [3.8, 4) is 11.5 Å². The van der Waals surface area contributed by atoms with Crippen molar-refractivity contribution in [3.05, 3.63) is 87.5 Å². The van der Waals surface area contributed by atoms with Gasteiger partial charge in [0.25, 0.3) is 11.1 Å². The van der Waals surface area contributed by atoms with Gasteiger partial charge in [-0.3, -0.25) is 14.5 Å². The molecule has 2 aromatic carbocycles. The Morgan fingerprint density at radius 3 is 2.41 bits per heavy atom. The van der Waals surface area contributed by atoms with Gasteiger partial charge in [-0.05, 0) is 67.6 Å². The largest absolute Gasteiger partial charge is 0.492 e. The molecule has 1 aliphatic rings. The van der Waals surface area contributed by atoms with Crippen molar-refractivity contribution in [2.75, 3.05) is 19.8 Å². The highest BCUT2D eigenvalue weighted by molar-refractivity contribution is 8.18. The fraction of sp³-hybridized carbons (Fsp3) is 0.231. The minimum absolute atomic E-state index is 0.156. The number of imide groups is 1. The molecule has 0 aliphatic carbocycles. The topological polar surface area (TPSA) is 60.8 Å². The summed E-state index contributed by atoms with van der Waals surface area (Å²) < 4.78 is 13.6. The number of aromatic nitrogens is 1. The minimum Gasteiger partial charge on any atom is -0.492 e. The second-order valence-corrected chi connectivity index (χ2v) is 9.15. The lowest BCUT2D eigenvalue weighted by molar-refractivity contribution is -0.123. The number of hydrogen-bond acceptors (Lipinski definition) is 5. The molecule has 1 saturated heterocycles. The van der Waals surface area contributed by atoms with E-state index < -0.39 is 0 Å². The maximum Gasteiger partial charge on any atom is 0.293 e. The number of carbonyl (C=O) groups is 2. The number of para-hydroxylation sites is 2. The second-order valence-electron chi connectivity index (χ2n) is 7.75. The number of amides is 2. The highest BCUT2D eigenvalue weighted by atomic mass is 35.5. The molecule has 1 aliphatic heterocycles. The molecule has 0 unspecified atom stereocenters. The number of hydrogen-bond donors (Lipinski definition) is 0. The maximum absolute atomic E-state index is 12.9. The Labute approximate surface area is 208 Å². The van der Waals surface area contributed by atoms with E-state index in [1.165, 1.54) is 4.90 Å². The molecule has 8 heteroatoms. The Balaban J connectivity index is 1.38. The van der Waals surface area contributed by atoms with Crippen molar-refractivity contribution < 1.29 is 19.1 Å². The SMILES string of the molecule is Cc1cc(/C=C2\SC(=O)N(CCOc3ccccc3Cl)C2=O)c(C)n1CCOc1ccccc1. The zero-order chi connectivity index (χ0) is 24.1. The number of rotatable bonds is 9. The Kier molecular flexibility index (Phi) is 7.65. The summed E-state index contributed by atoms with van der Waals surface area (Å²) in [5.74, 6) is 1.04. The van der Waals surface area contributed by atoms with Crippen LogP contribution in [0.15, 0.2) is 65.6 Å². The van der Waals surface area contributed by atoms with Crippen LogP contribution in [0.1, 0.15) is 17.0 Å². The standard InChI is InChI=1S/C26H25ClN2O4S/c1-18-16-20(19(2)28(18)12-14-32-21-8-4-3-5-9-21)17-24-25(30)29(26(31)34-24)13-15-33-23-11-7-6-10-22(23)27/h3-11,16-17H,12-15H2,1-2H3/b24-17-. The maximum atomic E-state index is 12.9. The molecule has 3 aromatic rings. The van der Waals surface area contributed by atoms with E-state index in [0.29, 0.717) is 28.8 Å². The van der Waals surface area contributed by atoms with Gasteiger partial charge in [-0.25, -0.2) is 0 Å². The summed E-state index contributed by atoms with van der Waals surface area (Å²) >= 11 is 7.04. The predicted octanol–water partition coefficient (Wildman–Crippen LogP) is 5.95. The number of carbonyl (C=O) groups excluding carboxylic acids is 2. The van der Waals surface area contributed by atoms with Crippen LogP contribution in [0.2, 0.25) is 5.02 Å². The van der Waals surface area contributed by atoms with Crippen LogP contribution in [-0.2, 0) is 11.3 Å². The smallest absolute Gasteiger partial charge is 0.293 e. The molecule has 0 bridgehead atoms. The molecule has 0 spiro atoms. The van der Waals surface area contributed by atoms with Gasteiger partial charge in [-0.1, -0.05) is 41.9 Å². The first kappa shape index (κ1) is 24.0. The van der Waals surface area contributed by atoms with E-state index in [1.807, 2.05) is 62.4 Å². The van der Waals surface area contributed by atoms with Crippen LogP contribution in [0.25, 0.3) is 6.08 Å². The molecular formula is C26H25ClN2O4S. The summed E-state index contributed by atoms with van der Waals surface area (Å²) in [6.45, 7) is 5.56. The van der Waals surface area contributed by atoms with Gasteiger partial charge in [0.15, 0.2) is 0 Å². The van der Waals surface area contributed by atoms with Crippen LogP contribution in [0.5, 0.6) is 11.5 Å². The van der Waals surface area contributed by atoms with Gasteiger partial charge in [0.1, 0.15) is 24.7 Å². The summed E-state index contributed by atoms with van der Waals surface area (Å²) in [5, 5.41) is 0.185. The van der Waals surface area contributed by atoms with Crippen LogP contribution in [0.4, 0.5) is 4.79 Å². The summed E-state index contributed by atoms with van der Waals surface area (Å²) in [7, 11) is 0. The highest BCUT2D eigenvalue weighted by Crippen LogP contribution is 2.33. The molecule has 2 amide bonds. The van der Waals surface area contributed by atoms with Crippen molar-refractivity contribution >= 4 is 40.6 Å². The van der Waals surface area contributed by atoms with Crippen molar-refractivity contribution in [1.82, 2.24) is 9.47 Å². The third-order valence-electron chi connectivity index (χ3n) is 5.51. The molecule has 1 fully saturated rings. The molecule has 0 N–H and O–H groups in total. The first-order chi connectivity index (χ1) is 16.4. The van der Waals surface area contributed by atoms with E-state index in [1.54, 1.807) is 18.2 Å². The van der Waals surface area contributed by atoms with E-state index in [-0.39, 0.29) is 24.3 Å². The van der Waals surface area contributed by atoms with Gasteiger partial charge in [-0.2, -0.15) is 0 Å². The lowest BCUT2D eigenvalue weighted by atomic mass is 10.2. The number of ether oxygens (including phenoxy) is 2. The molecule has 4 rings (SSSR count). The molecule has 176 valence electrons. The Bertz CT molecular complexity index is 1220. The van der Waals surface area contributed by atoms with E-state index in [0.717, 1.165) is 34.5 Å². The Morgan fingerprint density at radius 1 is 0.941 bits per heavy atom. The van der Waals surface area contributed by atoms with Crippen molar-refractivity contribution in [1.29, 1.82) is 0 Å². The summed E-state index contributed by atoms with van der Waals surface area (Å²) in [5.41, 5.74) is 2.99. The zero-order valence-corrected chi connectivity index (χ0v) is 20.6. The molecule has 6 nitrogen and oxygen atoms in total. The average molecular weight is 497 g/mol. The molecular weight excluding hydrogens is 472 g/mol. The van der Waals surface area contributed by atoms with Gasteiger partial charge < -0.3 is 14.0 Å². The van der Waals surface area contributed by atoms with Gasteiger partial charge in [0, 0.05) is 11.4 Å². The number of thioether (sulfide) groups is 1. The molecule has 0 radical (unpaired) electrons. The molecule has 2 heterocycles. The first-order valence-corrected chi connectivity index (χ1v) is 12.1. The third-order valence-corrected chi connectivity index (χ3v) is 6.73. The van der Waals surface area contributed by atoms with E-state index in [9.17, 15) is 9.59 Å². The average Bonchev–Trinajstić information content (AvgIpc) is 3.25. The lowest BCUT2D eigenvalue weighted by Gasteiger charge is -2.13. The highest BCUT2D eigenvalue weighted by Gasteiger charge is 2.35. The summed E-state index contributed by atoms with van der Waals surface area (Å²) in [6, 6.07) is 18.8. The van der Waals surface area contributed by atoms with Crippen LogP contribution in [-0.4, -0.2) is 40.4 Å². The number of nitrogens with zero attached hydrogens (tertiary/aromatic N) is 2. The Hall–Kier alpha value is -3.16. The van der Waals surface area contributed by atoms with Gasteiger partial charge in [0.05, 0.1) is 23.0 Å². The summed E-state index contributed by atoms with van der Waals surface area (Å²) in [4.78, 5) is 26.9. The zero-order valence-electron chi connectivity index (χ0n) is 19.0. The van der Waals surface area contributed by atoms with Crippen molar-refractivity contribution in [3.63, 3.8) is 0 Å². The van der Waals surface area contributed by atoms with Gasteiger partial charge in [-0.15, -0.1) is 0 Å². The third kappa shape index (κ3) is 5.48. The second kappa shape index (κ2) is 10.8. The van der Waals surface area contributed by atoms with Crippen LogP contribution >= 0.6 is 23.4 Å². The lowest BCUT2D eigenvalue weighted by Crippen LogP contribution is -2.32.